The Balaban J connectivity index is 4.55. The summed E-state index contributed by atoms with van der Waals surface area (Å²) in [5.41, 5.74) is 5.41. The minimum atomic E-state index is -3.50. The molecule has 0 aliphatic rings. The van der Waals surface area contributed by atoms with Crippen LogP contribution < -0.4 is 10.5 Å². The summed E-state index contributed by atoms with van der Waals surface area (Å²) in [6.45, 7) is 5.24. The van der Waals surface area contributed by atoms with Crippen molar-refractivity contribution in [1.82, 2.24) is 9.03 Å². The van der Waals surface area contributed by atoms with Crippen LogP contribution in [0.3, 0.4) is 0 Å². The molecular weight excluding hydrogens is 274 g/mol. The van der Waals surface area contributed by atoms with Gasteiger partial charge in [0, 0.05) is 33.2 Å². The van der Waals surface area contributed by atoms with Crippen molar-refractivity contribution in [2.75, 3.05) is 33.4 Å². The number of hydrogen-bond acceptors (Lipinski definition) is 4. The zero-order chi connectivity index (χ0) is 14.2. The Morgan fingerprint density at radius 3 is 2.56 bits per heavy atom. The van der Waals surface area contributed by atoms with E-state index in [1.54, 1.807) is 0 Å². The number of nitrogens with zero attached hydrogens (tertiary/aromatic N) is 1. The quantitative estimate of drug-likeness (QED) is 0.441. The van der Waals surface area contributed by atoms with Crippen LogP contribution in [0, 0.1) is 5.92 Å². The van der Waals surface area contributed by atoms with Crippen molar-refractivity contribution >= 4 is 27.4 Å². The number of hydrogen-bond donors (Lipinski definition) is 2. The zero-order valence-electron chi connectivity index (χ0n) is 11.2. The van der Waals surface area contributed by atoms with E-state index in [2.05, 4.69) is 4.72 Å². The van der Waals surface area contributed by atoms with Crippen LogP contribution in [-0.4, -0.2) is 51.1 Å². The first-order chi connectivity index (χ1) is 8.29. The molecule has 0 radical (unpaired) electrons. The maximum atomic E-state index is 12.0. The van der Waals surface area contributed by atoms with Gasteiger partial charge in [-0.25, -0.2) is 0 Å². The molecule has 0 fully saturated rings. The van der Waals surface area contributed by atoms with Crippen LogP contribution in [0.5, 0.6) is 0 Å². The van der Waals surface area contributed by atoms with Crippen LogP contribution in [-0.2, 0) is 14.9 Å². The topological polar surface area (TPSA) is 84.7 Å². The number of nitrogens with two attached hydrogens (primary N) is 1. The molecule has 0 aromatic carbocycles. The van der Waals surface area contributed by atoms with E-state index in [9.17, 15) is 8.42 Å². The van der Waals surface area contributed by atoms with E-state index < -0.39 is 10.2 Å². The van der Waals surface area contributed by atoms with Crippen LogP contribution in [0.4, 0.5) is 0 Å². The molecule has 0 rings (SSSR count). The number of methoxy groups -OCH3 is 1. The predicted octanol–water partition coefficient (Wildman–Crippen LogP) is 0.101. The van der Waals surface area contributed by atoms with Crippen molar-refractivity contribution in [2.24, 2.45) is 11.7 Å². The molecule has 0 atom stereocenters. The molecule has 108 valence electrons. The van der Waals surface area contributed by atoms with Gasteiger partial charge in [-0.3, -0.25) is 0 Å². The summed E-state index contributed by atoms with van der Waals surface area (Å²) in [7, 11) is -1.98. The summed E-state index contributed by atoms with van der Waals surface area (Å²) in [6.07, 6.45) is 0.382. The van der Waals surface area contributed by atoms with E-state index in [-0.39, 0.29) is 12.5 Å². The second-order valence-electron chi connectivity index (χ2n) is 4.36. The summed E-state index contributed by atoms with van der Waals surface area (Å²) in [6, 6.07) is 0. The lowest BCUT2D eigenvalue weighted by molar-refractivity contribution is 0.203. The van der Waals surface area contributed by atoms with E-state index in [1.807, 2.05) is 13.8 Å². The largest absolute Gasteiger partial charge is 0.393 e. The van der Waals surface area contributed by atoms with Gasteiger partial charge in [-0.2, -0.15) is 17.4 Å². The normalized spacial score (nSPS) is 12.3. The summed E-state index contributed by atoms with van der Waals surface area (Å²) < 4.78 is 32.7. The lowest BCUT2D eigenvalue weighted by atomic mass is 10.2. The third-order valence-electron chi connectivity index (χ3n) is 2.11. The van der Waals surface area contributed by atoms with Crippen molar-refractivity contribution in [1.29, 1.82) is 0 Å². The first-order valence-electron chi connectivity index (χ1n) is 5.81. The fourth-order valence-corrected chi connectivity index (χ4v) is 2.76. The highest BCUT2D eigenvalue weighted by Gasteiger charge is 2.22. The second-order valence-corrected chi connectivity index (χ2v) is 6.64. The van der Waals surface area contributed by atoms with Crippen LogP contribution in [0.25, 0.3) is 0 Å². The lowest BCUT2D eigenvalue weighted by Gasteiger charge is -2.23. The van der Waals surface area contributed by atoms with Gasteiger partial charge in [0.25, 0.3) is 10.2 Å². The average Bonchev–Trinajstić information content (AvgIpc) is 2.23. The second kappa shape index (κ2) is 8.76. The molecule has 0 aliphatic heterocycles. The van der Waals surface area contributed by atoms with Gasteiger partial charge in [-0.1, -0.05) is 26.1 Å². The minimum Gasteiger partial charge on any atom is -0.393 e. The molecule has 0 saturated heterocycles. The molecule has 3 N–H and O–H groups in total. The molecule has 6 nitrogen and oxygen atoms in total. The van der Waals surface area contributed by atoms with Gasteiger partial charge in [0.1, 0.15) is 0 Å². The van der Waals surface area contributed by atoms with Gasteiger partial charge in [0.2, 0.25) is 0 Å². The molecule has 8 heteroatoms. The maximum Gasteiger partial charge on any atom is 0.279 e. The summed E-state index contributed by atoms with van der Waals surface area (Å²) in [5, 5.41) is 0. The highest BCUT2D eigenvalue weighted by atomic mass is 32.2. The zero-order valence-corrected chi connectivity index (χ0v) is 12.8. The van der Waals surface area contributed by atoms with Gasteiger partial charge in [-0.15, -0.1) is 0 Å². The fraction of sp³-hybridized carbons (Fsp3) is 0.900. The number of rotatable bonds is 10. The first-order valence-corrected chi connectivity index (χ1v) is 7.66. The van der Waals surface area contributed by atoms with Gasteiger partial charge >= 0.3 is 0 Å². The number of ether oxygens (including phenoxy) is 1. The van der Waals surface area contributed by atoms with Gasteiger partial charge in [-0.05, 0) is 5.92 Å². The third-order valence-corrected chi connectivity index (χ3v) is 3.89. The molecule has 0 saturated carbocycles. The fourth-order valence-electron chi connectivity index (χ4n) is 1.32. The van der Waals surface area contributed by atoms with E-state index in [4.69, 9.17) is 22.7 Å². The Hall–Kier alpha value is -0.280. The third kappa shape index (κ3) is 7.93. The Morgan fingerprint density at radius 1 is 1.50 bits per heavy atom. The highest BCUT2D eigenvalue weighted by Crippen LogP contribution is 2.05. The van der Waals surface area contributed by atoms with Crippen LogP contribution in [0.2, 0.25) is 0 Å². The van der Waals surface area contributed by atoms with Crippen molar-refractivity contribution in [3.05, 3.63) is 0 Å². The molecule has 0 amide bonds. The van der Waals surface area contributed by atoms with Crippen LogP contribution in [0.15, 0.2) is 0 Å². The van der Waals surface area contributed by atoms with Crippen molar-refractivity contribution < 1.29 is 13.2 Å². The molecule has 0 aromatic heterocycles. The van der Waals surface area contributed by atoms with E-state index in [0.29, 0.717) is 31.1 Å². The summed E-state index contributed by atoms with van der Waals surface area (Å²) >= 11 is 4.77. The SMILES string of the molecule is COCCNS(=O)(=O)N(CCC(N)=S)CC(C)C. The Morgan fingerprint density at radius 2 is 2.11 bits per heavy atom. The Kier molecular flexibility index (Phi) is 8.62. The smallest absolute Gasteiger partial charge is 0.279 e. The number of nitrogens with one attached hydrogen (secondary N) is 1. The number of thiocarbonyl (C=S) groups is 1. The van der Waals surface area contributed by atoms with E-state index >= 15 is 0 Å². The standard InChI is InChI=1S/C10H23N3O3S2/c1-9(2)8-13(6-4-10(11)17)18(14,15)12-5-7-16-3/h9,12H,4-8H2,1-3H3,(H2,11,17). The average molecular weight is 297 g/mol. The molecule has 0 bridgehead atoms. The minimum absolute atomic E-state index is 0.232. The van der Waals surface area contributed by atoms with Crippen molar-refractivity contribution in [2.45, 2.75) is 20.3 Å². The Labute approximate surface area is 115 Å². The lowest BCUT2D eigenvalue weighted by Crippen LogP contribution is -2.44. The first kappa shape index (κ1) is 17.7. The molecule has 0 heterocycles. The molecule has 0 unspecified atom stereocenters. The highest BCUT2D eigenvalue weighted by molar-refractivity contribution is 7.87. The van der Waals surface area contributed by atoms with Crippen LogP contribution >= 0.6 is 12.2 Å². The molecular formula is C10H23N3O3S2. The van der Waals surface area contributed by atoms with Crippen molar-refractivity contribution in [3.63, 3.8) is 0 Å². The monoisotopic (exact) mass is 297 g/mol. The Bertz CT molecular complexity index is 344. The van der Waals surface area contributed by atoms with Gasteiger partial charge < -0.3 is 10.5 Å². The van der Waals surface area contributed by atoms with E-state index in [1.165, 1.54) is 11.4 Å². The van der Waals surface area contributed by atoms with Crippen LogP contribution in [0.1, 0.15) is 20.3 Å². The van der Waals surface area contributed by atoms with E-state index in [0.717, 1.165) is 0 Å². The molecule has 18 heavy (non-hydrogen) atoms. The molecule has 0 aliphatic carbocycles. The van der Waals surface area contributed by atoms with Gasteiger partial charge in [0.05, 0.1) is 11.6 Å². The van der Waals surface area contributed by atoms with Gasteiger partial charge in [0.15, 0.2) is 0 Å². The molecule has 0 spiro atoms. The summed E-state index contributed by atoms with van der Waals surface area (Å²) in [5.74, 6) is 0.232. The predicted molar refractivity (Wildman–Crippen MR) is 76.6 cm³/mol. The van der Waals surface area contributed by atoms with Crippen molar-refractivity contribution in [3.8, 4) is 0 Å². The maximum absolute atomic E-state index is 12.0. The summed E-state index contributed by atoms with van der Waals surface area (Å²) in [4.78, 5) is 0.316. The molecule has 0 aromatic rings.